The number of benzene rings is 9. The lowest BCUT2D eigenvalue weighted by atomic mass is 9.96. The summed E-state index contributed by atoms with van der Waals surface area (Å²) in [7, 11) is 0. The van der Waals surface area contributed by atoms with Gasteiger partial charge in [0.15, 0.2) is 17.5 Å². The third kappa shape index (κ3) is 4.88. The van der Waals surface area contributed by atoms with Crippen molar-refractivity contribution in [1.29, 1.82) is 0 Å². The van der Waals surface area contributed by atoms with E-state index in [1.807, 2.05) is 18.2 Å². The van der Waals surface area contributed by atoms with Crippen LogP contribution in [0.3, 0.4) is 0 Å². The van der Waals surface area contributed by atoms with Gasteiger partial charge in [0.05, 0.1) is 0 Å². The fourth-order valence-electron chi connectivity index (χ4n) is 7.87. The molecule has 0 aliphatic heterocycles. The van der Waals surface area contributed by atoms with Crippen LogP contribution in [0, 0.1) is 0 Å². The number of hydrogen-bond donors (Lipinski definition) is 0. The second-order valence-electron chi connectivity index (χ2n) is 13.6. The Labute approximate surface area is 304 Å². The molecule has 0 N–H and O–H groups in total. The molecule has 2 heterocycles. The van der Waals surface area contributed by atoms with E-state index in [2.05, 4.69) is 158 Å². The number of furan rings is 1. The zero-order valence-corrected chi connectivity index (χ0v) is 28.5. The van der Waals surface area contributed by atoms with Gasteiger partial charge in [0.25, 0.3) is 0 Å². The van der Waals surface area contributed by atoms with Crippen LogP contribution < -0.4 is 0 Å². The Balaban J connectivity index is 1.13. The van der Waals surface area contributed by atoms with Crippen molar-refractivity contribution in [3.63, 3.8) is 0 Å². The van der Waals surface area contributed by atoms with E-state index < -0.39 is 0 Å². The third-order valence-electron chi connectivity index (χ3n) is 10.5. The van der Waals surface area contributed by atoms with Crippen LogP contribution in [0.5, 0.6) is 0 Å². The van der Waals surface area contributed by atoms with E-state index in [-0.39, 0.29) is 0 Å². The highest BCUT2D eigenvalue weighted by molar-refractivity contribution is 6.17. The molecule has 4 nitrogen and oxygen atoms in total. The molecule has 246 valence electrons. The quantitative estimate of drug-likeness (QED) is 0.174. The van der Waals surface area contributed by atoms with Crippen LogP contribution in [0.2, 0.25) is 0 Å². The van der Waals surface area contributed by atoms with Crippen LogP contribution >= 0.6 is 0 Å². The molecule has 0 bridgehead atoms. The molecular formula is C49H29N3O. The maximum absolute atomic E-state index is 6.42. The predicted molar refractivity (Wildman–Crippen MR) is 219 cm³/mol. The normalized spacial score (nSPS) is 11.8. The number of aromatic nitrogens is 3. The maximum Gasteiger partial charge on any atom is 0.164 e. The Kier molecular flexibility index (Phi) is 6.52. The summed E-state index contributed by atoms with van der Waals surface area (Å²) < 4.78 is 6.42. The molecule has 11 aromatic rings. The van der Waals surface area contributed by atoms with Gasteiger partial charge in [-0.05, 0) is 84.5 Å². The molecule has 0 spiro atoms. The summed E-state index contributed by atoms with van der Waals surface area (Å²) in [6.45, 7) is 0. The minimum Gasteiger partial charge on any atom is -0.456 e. The average molecular weight is 676 g/mol. The smallest absolute Gasteiger partial charge is 0.164 e. The number of fused-ring (bicyclic) bond motifs is 9. The summed E-state index contributed by atoms with van der Waals surface area (Å²) in [5.41, 5.74) is 6.66. The number of hydrogen-bond acceptors (Lipinski definition) is 4. The van der Waals surface area contributed by atoms with Crippen LogP contribution in [-0.2, 0) is 0 Å². The van der Waals surface area contributed by atoms with Gasteiger partial charge >= 0.3 is 0 Å². The van der Waals surface area contributed by atoms with Gasteiger partial charge in [-0.3, -0.25) is 0 Å². The van der Waals surface area contributed by atoms with E-state index in [9.17, 15) is 0 Å². The Hall–Kier alpha value is -7.17. The Morgan fingerprint density at radius 2 is 0.906 bits per heavy atom. The first-order chi connectivity index (χ1) is 26.2. The molecular weight excluding hydrogens is 647 g/mol. The molecule has 11 rings (SSSR count). The van der Waals surface area contributed by atoms with E-state index in [0.29, 0.717) is 17.5 Å². The fraction of sp³-hybridized carbons (Fsp3) is 0. The van der Waals surface area contributed by atoms with Gasteiger partial charge in [-0.1, -0.05) is 146 Å². The van der Waals surface area contributed by atoms with Crippen molar-refractivity contribution < 1.29 is 4.42 Å². The lowest BCUT2D eigenvalue weighted by molar-refractivity contribution is 0.669. The van der Waals surface area contributed by atoms with E-state index in [4.69, 9.17) is 19.4 Å². The van der Waals surface area contributed by atoms with Crippen molar-refractivity contribution in [2.24, 2.45) is 0 Å². The van der Waals surface area contributed by atoms with Crippen molar-refractivity contribution in [2.75, 3.05) is 0 Å². The van der Waals surface area contributed by atoms with Gasteiger partial charge < -0.3 is 4.42 Å². The molecule has 0 radical (unpaired) electrons. The highest BCUT2D eigenvalue weighted by Crippen LogP contribution is 2.39. The molecule has 2 aromatic heterocycles. The average Bonchev–Trinajstić information content (AvgIpc) is 3.61. The summed E-state index contributed by atoms with van der Waals surface area (Å²) in [4.78, 5) is 15.6. The van der Waals surface area contributed by atoms with Gasteiger partial charge in [-0.25, -0.2) is 15.0 Å². The maximum atomic E-state index is 6.42. The van der Waals surface area contributed by atoms with Crippen LogP contribution in [0.25, 0.3) is 110 Å². The Bertz CT molecular complexity index is 3240. The summed E-state index contributed by atoms with van der Waals surface area (Å²) in [5, 5.41) is 11.6. The molecule has 0 fully saturated rings. The van der Waals surface area contributed by atoms with Crippen molar-refractivity contribution in [1.82, 2.24) is 15.0 Å². The second kappa shape index (κ2) is 11.7. The van der Waals surface area contributed by atoms with Crippen LogP contribution in [0.4, 0.5) is 0 Å². The SMILES string of the molecule is c1ccc(-c2ccc3oc4cccc(-c5nc(-c6ccc7ccccc7c6)nc(-c6ccc7c(ccc8c9ccccc9ccc78)c6)n5)c4c3c2)cc1. The molecule has 0 unspecified atom stereocenters. The summed E-state index contributed by atoms with van der Waals surface area (Å²) in [6, 6.07) is 61.7. The first kappa shape index (κ1) is 29.5. The topological polar surface area (TPSA) is 51.8 Å². The minimum absolute atomic E-state index is 0.599. The molecule has 9 aromatic carbocycles. The lowest BCUT2D eigenvalue weighted by Gasteiger charge is -2.11. The van der Waals surface area contributed by atoms with Crippen LogP contribution in [0.1, 0.15) is 0 Å². The largest absolute Gasteiger partial charge is 0.456 e. The van der Waals surface area contributed by atoms with Crippen molar-refractivity contribution in [2.45, 2.75) is 0 Å². The summed E-state index contributed by atoms with van der Waals surface area (Å²) in [6.07, 6.45) is 0. The molecule has 0 amide bonds. The Morgan fingerprint density at radius 1 is 0.302 bits per heavy atom. The van der Waals surface area contributed by atoms with Crippen molar-refractivity contribution >= 4 is 65.0 Å². The van der Waals surface area contributed by atoms with Gasteiger partial charge in [0.2, 0.25) is 0 Å². The first-order valence-electron chi connectivity index (χ1n) is 17.8. The monoisotopic (exact) mass is 675 g/mol. The van der Waals surface area contributed by atoms with Gasteiger partial charge in [-0.15, -0.1) is 0 Å². The highest BCUT2D eigenvalue weighted by atomic mass is 16.3. The second-order valence-corrected chi connectivity index (χ2v) is 13.6. The number of rotatable bonds is 4. The van der Waals surface area contributed by atoms with Gasteiger partial charge in [0, 0.05) is 27.5 Å². The first-order valence-corrected chi connectivity index (χ1v) is 17.8. The molecule has 53 heavy (non-hydrogen) atoms. The molecule has 0 atom stereocenters. The molecule has 0 aliphatic carbocycles. The molecule has 4 heteroatoms. The van der Waals surface area contributed by atoms with Crippen molar-refractivity contribution in [3.8, 4) is 45.3 Å². The lowest BCUT2D eigenvalue weighted by Crippen LogP contribution is -2.00. The number of nitrogens with zero attached hydrogens (tertiary/aromatic N) is 3. The molecule has 0 saturated carbocycles. The van der Waals surface area contributed by atoms with E-state index in [1.54, 1.807) is 0 Å². The van der Waals surface area contributed by atoms with Gasteiger partial charge in [0.1, 0.15) is 11.2 Å². The summed E-state index contributed by atoms with van der Waals surface area (Å²) in [5.74, 6) is 1.84. The fourth-order valence-corrected chi connectivity index (χ4v) is 7.87. The predicted octanol–water partition coefficient (Wildman–Crippen LogP) is 13.1. The van der Waals surface area contributed by atoms with Gasteiger partial charge in [-0.2, -0.15) is 0 Å². The highest BCUT2D eigenvalue weighted by Gasteiger charge is 2.19. The standard InChI is InChI=1S/C49H29N3O/c1-2-9-30(10-3-1)34-22-26-44-43(29-34)46-42(15-8-16-45(46)53-44)49-51-47(36-18-17-31-11-4-5-13-33(31)27-36)50-48(52-49)37-21-23-39-35(28-37)20-25-40-38-14-7-6-12-32(38)19-24-41(39)40/h1-29H. The Morgan fingerprint density at radius 3 is 1.74 bits per heavy atom. The van der Waals surface area contributed by atoms with E-state index >= 15 is 0 Å². The summed E-state index contributed by atoms with van der Waals surface area (Å²) >= 11 is 0. The zero-order valence-electron chi connectivity index (χ0n) is 28.5. The molecule has 0 aliphatic rings. The van der Waals surface area contributed by atoms with E-state index in [0.717, 1.165) is 60.5 Å². The van der Waals surface area contributed by atoms with Crippen LogP contribution in [-0.4, -0.2) is 15.0 Å². The zero-order chi connectivity index (χ0) is 34.9. The van der Waals surface area contributed by atoms with Crippen molar-refractivity contribution in [3.05, 3.63) is 176 Å². The molecule has 0 saturated heterocycles. The third-order valence-corrected chi connectivity index (χ3v) is 10.5. The minimum atomic E-state index is 0.599. The van der Waals surface area contributed by atoms with E-state index in [1.165, 1.54) is 32.3 Å². The van der Waals surface area contributed by atoms with Crippen LogP contribution in [0.15, 0.2) is 180 Å².